The van der Waals surface area contributed by atoms with E-state index >= 15 is 0 Å². The minimum absolute atomic E-state index is 0.435. The zero-order valence-corrected chi connectivity index (χ0v) is 15.6. The van der Waals surface area contributed by atoms with Crippen molar-refractivity contribution >= 4 is 35.3 Å². The minimum atomic E-state index is -1.51. The van der Waals surface area contributed by atoms with Gasteiger partial charge in [-0.3, -0.25) is 28.8 Å². The Kier molecular flexibility index (Phi) is 10.7. The Hall–Kier alpha value is -2.62. The number of carbonyl (C=O) groups is 6. The fourth-order valence-corrected chi connectivity index (χ4v) is 1.73. The Labute approximate surface area is 156 Å². The summed E-state index contributed by atoms with van der Waals surface area (Å²) in [6.07, 6.45) is -1.47. The molecule has 10 heteroatoms. The number of hydrogen-bond donors (Lipinski definition) is 1. The van der Waals surface area contributed by atoms with Crippen LogP contribution in [0.25, 0.3) is 0 Å². The lowest BCUT2D eigenvalue weighted by Crippen LogP contribution is -2.43. The van der Waals surface area contributed by atoms with Crippen LogP contribution in [0.1, 0.15) is 40.0 Å². The molecule has 10 nitrogen and oxygen atoms in total. The van der Waals surface area contributed by atoms with E-state index in [2.05, 4.69) is 0 Å². The van der Waals surface area contributed by atoms with Gasteiger partial charge in [-0.1, -0.05) is 0 Å². The first-order chi connectivity index (χ1) is 12.5. The van der Waals surface area contributed by atoms with Gasteiger partial charge in [-0.05, 0) is 20.8 Å². The van der Waals surface area contributed by atoms with Crippen molar-refractivity contribution in [2.24, 2.45) is 5.41 Å². The third-order valence-electron chi connectivity index (χ3n) is 3.13. The molecule has 0 radical (unpaired) electrons. The first-order valence-electron chi connectivity index (χ1n) is 8.05. The molecular weight excluding hydrogens is 364 g/mol. The molecular formula is C17H24O10. The van der Waals surface area contributed by atoms with Gasteiger partial charge < -0.3 is 19.3 Å². The number of rotatable bonds is 13. The van der Waals surface area contributed by atoms with Crippen LogP contribution in [0.2, 0.25) is 0 Å². The Bertz CT molecular complexity index is 514. The molecule has 0 aliphatic rings. The third-order valence-corrected chi connectivity index (χ3v) is 3.13. The molecule has 0 aliphatic heterocycles. The van der Waals surface area contributed by atoms with Crippen LogP contribution in [0.3, 0.4) is 0 Å². The first-order valence-corrected chi connectivity index (χ1v) is 8.05. The van der Waals surface area contributed by atoms with E-state index < -0.39 is 86.4 Å². The van der Waals surface area contributed by atoms with E-state index in [1.54, 1.807) is 0 Å². The van der Waals surface area contributed by atoms with Crippen molar-refractivity contribution < 1.29 is 48.1 Å². The highest BCUT2D eigenvalue weighted by atomic mass is 16.6. The summed E-state index contributed by atoms with van der Waals surface area (Å²) in [7, 11) is 0. The molecule has 27 heavy (non-hydrogen) atoms. The van der Waals surface area contributed by atoms with Crippen LogP contribution in [-0.2, 0) is 43.0 Å². The maximum absolute atomic E-state index is 11.6. The van der Waals surface area contributed by atoms with Crippen molar-refractivity contribution in [3.63, 3.8) is 0 Å². The zero-order valence-electron chi connectivity index (χ0n) is 15.6. The van der Waals surface area contributed by atoms with Gasteiger partial charge >= 0.3 is 17.9 Å². The van der Waals surface area contributed by atoms with Crippen LogP contribution in [0.15, 0.2) is 0 Å². The summed E-state index contributed by atoms with van der Waals surface area (Å²) in [5.74, 6) is -3.91. The summed E-state index contributed by atoms with van der Waals surface area (Å²) in [5, 5.41) is 9.69. The van der Waals surface area contributed by atoms with Crippen LogP contribution in [-0.4, -0.2) is 66.8 Å². The Morgan fingerprint density at radius 1 is 0.630 bits per heavy atom. The van der Waals surface area contributed by atoms with Crippen LogP contribution < -0.4 is 0 Å². The summed E-state index contributed by atoms with van der Waals surface area (Å²) in [6, 6.07) is 0. The van der Waals surface area contributed by atoms with Crippen molar-refractivity contribution in [2.75, 3.05) is 26.4 Å². The van der Waals surface area contributed by atoms with Crippen molar-refractivity contribution in [3.05, 3.63) is 0 Å². The summed E-state index contributed by atoms with van der Waals surface area (Å²) in [5.41, 5.74) is -1.51. The molecule has 0 unspecified atom stereocenters. The maximum Gasteiger partial charge on any atom is 0.313 e. The van der Waals surface area contributed by atoms with E-state index in [0.717, 1.165) is 0 Å². The molecule has 152 valence electrons. The minimum Gasteiger partial charge on any atom is -0.464 e. The molecule has 0 saturated carbocycles. The lowest BCUT2D eigenvalue weighted by molar-refractivity contribution is -0.165. The average Bonchev–Trinajstić information content (AvgIpc) is 2.52. The number of esters is 3. The second-order valence-electron chi connectivity index (χ2n) is 6.28. The summed E-state index contributed by atoms with van der Waals surface area (Å²) >= 11 is 0. The summed E-state index contributed by atoms with van der Waals surface area (Å²) < 4.78 is 14.7. The molecule has 1 N–H and O–H groups in total. The number of Topliss-reactive ketones (excluding diaryl/α,β-unsaturated/α-hetero) is 3. The molecule has 0 amide bonds. The van der Waals surface area contributed by atoms with Gasteiger partial charge in [0.2, 0.25) is 0 Å². The highest BCUT2D eigenvalue weighted by molar-refractivity contribution is 5.95. The average molecular weight is 388 g/mol. The maximum atomic E-state index is 11.6. The van der Waals surface area contributed by atoms with Crippen molar-refractivity contribution in [3.8, 4) is 0 Å². The molecule has 0 heterocycles. The van der Waals surface area contributed by atoms with E-state index in [0.29, 0.717) is 0 Å². The number of ketones is 3. The highest BCUT2D eigenvalue weighted by Crippen LogP contribution is 2.20. The van der Waals surface area contributed by atoms with Gasteiger partial charge in [-0.15, -0.1) is 0 Å². The van der Waals surface area contributed by atoms with Crippen molar-refractivity contribution in [1.82, 2.24) is 0 Å². The van der Waals surface area contributed by atoms with E-state index in [9.17, 15) is 33.9 Å². The van der Waals surface area contributed by atoms with Crippen molar-refractivity contribution in [1.29, 1.82) is 0 Å². The van der Waals surface area contributed by atoms with Crippen LogP contribution >= 0.6 is 0 Å². The second kappa shape index (κ2) is 11.9. The smallest absolute Gasteiger partial charge is 0.313 e. The Morgan fingerprint density at radius 2 is 0.889 bits per heavy atom. The Morgan fingerprint density at radius 3 is 1.07 bits per heavy atom. The van der Waals surface area contributed by atoms with Crippen molar-refractivity contribution in [2.45, 2.75) is 40.0 Å². The molecule has 0 saturated heterocycles. The van der Waals surface area contributed by atoms with E-state index in [1.807, 2.05) is 0 Å². The van der Waals surface area contributed by atoms with E-state index in [-0.39, 0.29) is 0 Å². The van der Waals surface area contributed by atoms with Gasteiger partial charge in [0.25, 0.3) is 0 Å². The highest BCUT2D eigenvalue weighted by Gasteiger charge is 2.35. The number of ether oxygens (including phenoxy) is 3. The standard InChI is InChI=1S/C17H24O10/c1-11(19)4-14(22)25-8-17(7-18,9-26-15(23)5-12(2)20)10-27-16(24)6-13(3)21/h18H,4-10H2,1-3H3. The topological polar surface area (TPSA) is 150 Å². The third kappa shape index (κ3) is 11.6. The van der Waals surface area contributed by atoms with E-state index in [4.69, 9.17) is 14.2 Å². The number of aliphatic hydroxyl groups is 1. The molecule has 0 fully saturated rings. The van der Waals surface area contributed by atoms with Gasteiger partial charge in [-0.2, -0.15) is 0 Å². The molecule has 0 bridgehead atoms. The number of hydrogen-bond acceptors (Lipinski definition) is 10. The van der Waals surface area contributed by atoms with Crippen LogP contribution in [0.5, 0.6) is 0 Å². The summed E-state index contributed by atoms with van der Waals surface area (Å²) in [6.45, 7) is 1.30. The molecule has 0 aliphatic carbocycles. The molecule has 0 atom stereocenters. The zero-order chi connectivity index (χ0) is 21.0. The predicted octanol–water partition coefficient (Wildman–Crippen LogP) is -0.468. The number of aliphatic hydroxyl groups excluding tert-OH is 1. The largest absolute Gasteiger partial charge is 0.464 e. The number of carbonyl (C=O) groups excluding carboxylic acids is 6. The predicted molar refractivity (Wildman–Crippen MR) is 88.3 cm³/mol. The van der Waals surface area contributed by atoms with Gasteiger partial charge in [0.1, 0.15) is 56.4 Å². The van der Waals surface area contributed by atoms with Gasteiger partial charge in [0, 0.05) is 0 Å². The summed E-state index contributed by atoms with van der Waals surface area (Å²) in [4.78, 5) is 67.5. The monoisotopic (exact) mass is 388 g/mol. The normalized spacial score (nSPS) is 10.7. The molecule has 0 spiro atoms. The van der Waals surface area contributed by atoms with E-state index in [1.165, 1.54) is 20.8 Å². The lowest BCUT2D eigenvalue weighted by atomic mass is 9.92. The second-order valence-corrected chi connectivity index (χ2v) is 6.28. The van der Waals surface area contributed by atoms with Gasteiger partial charge in [-0.25, -0.2) is 0 Å². The molecule has 0 aromatic carbocycles. The lowest BCUT2D eigenvalue weighted by Gasteiger charge is -2.30. The fourth-order valence-electron chi connectivity index (χ4n) is 1.73. The molecule has 0 aromatic rings. The quantitative estimate of drug-likeness (QED) is 0.249. The molecule has 0 aromatic heterocycles. The van der Waals surface area contributed by atoms with Gasteiger partial charge in [0.05, 0.1) is 12.0 Å². The molecule has 0 rings (SSSR count). The fraction of sp³-hybridized carbons (Fsp3) is 0.647. The SMILES string of the molecule is CC(=O)CC(=O)OCC(CO)(COC(=O)CC(C)=O)COC(=O)CC(C)=O. The van der Waals surface area contributed by atoms with Crippen LogP contribution in [0.4, 0.5) is 0 Å². The Balaban J connectivity index is 5.04. The van der Waals surface area contributed by atoms with Crippen LogP contribution in [0, 0.1) is 5.41 Å². The first kappa shape index (κ1) is 24.4. The van der Waals surface area contributed by atoms with Gasteiger partial charge in [0.15, 0.2) is 0 Å².